The van der Waals surface area contributed by atoms with E-state index in [1.54, 1.807) is 26.0 Å². The SMILES string of the molecule is Cc1cc(C(=O)NC(C(=O)O)[C@H]2CN3CCC2CC3)c(C)cc1C(=O)NC(OC=O)[C@H]1CN2CCC1CC2. The summed E-state index contributed by atoms with van der Waals surface area (Å²) in [4.78, 5) is 54.5. The minimum atomic E-state index is -1.02. The molecule has 0 spiro atoms. The Kier molecular flexibility index (Phi) is 7.72. The van der Waals surface area contributed by atoms with Gasteiger partial charge in [-0.15, -0.1) is 0 Å². The minimum absolute atomic E-state index is 0.0393. The Bertz CT molecular complexity index is 1090. The molecule has 1 aromatic rings. The number of piperidine rings is 6. The molecule has 6 aliphatic heterocycles. The van der Waals surface area contributed by atoms with Crippen molar-refractivity contribution in [2.24, 2.45) is 23.7 Å². The zero-order valence-corrected chi connectivity index (χ0v) is 22.2. The Labute approximate surface area is 223 Å². The molecule has 0 aliphatic carbocycles. The zero-order valence-electron chi connectivity index (χ0n) is 22.2. The van der Waals surface area contributed by atoms with Crippen LogP contribution in [-0.2, 0) is 14.3 Å². The Hall–Kier alpha value is -2.98. The van der Waals surface area contributed by atoms with E-state index < -0.39 is 24.1 Å². The number of carboxylic acids is 1. The largest absolute Gasteiger partial charge is 0.480 e. The van der Waals surface area contributed by atoms with Crippen LogP contribution in [0.2, 0.25) is 0 Å². The molecule has 3 N–H and O–H groups in total. The van der Waals surface area contributed by atoms with Crippen LogP contribution < -0.4 is 10.6 Å². The van der Waals surface area contributed by atoms with Crippen molar-refractivity contribution < 1.29 is 29.0 Å². The molecule has 10 heteroatoms. The molecule has 38 heavy (non-hydrogen) atoms. The van der Waals surface area contributed by atoms with E-state index in [4.69, 9.17) is 4.74 Å². The van der Waals surface area contributed by atoms with E-state index in [0.29, 0.717) is 47.1 Å². The third kappa shape index (κ3) is 5.29. The van der Waals surface area contributed by atoms with Crippen LogP contribution in [0.1, 0.15) is 57.5 Å². The van der Waals surface area contributed by atoms with Crippen LogP contribution in [-0.4, -0.2) is 90.7 Å². The standard InChI is InChI=1S/C28H38N4O6/c1-16-12-21(26(35)30-27(38-15-33)23-14-32-9-5-19(23)6-10-32)17(2)11-20(16)25(34)29-24(28(36)37)22-13-31-7-3-18(22)4-8-31/h11-12,15,18-19,22-24,27H,3-10,13-14H2,1-2H3,(H,29,34)(H,30,35)(H,36,37)/t22-,23-,24?,27?/m0/s1. The maximum absolute atomic E-state index is 13.3. The third-order valence-electron chi connectivity index (χ3n) is 9.32. The fourth-order valence-corrected chi connectivity index (χ4v) is 7.13. The number of rotatable bonds is 9. The first kappa shape index (κ1) is 26.6. The molecule has 10 nitrogen and oxygen atoms in total. The van der Waals surface area contributed by atoms with Crippen LogP contribution in [0.4, 0.5) is 0 Å². The van der Waals surface area contributed by atoms with Gasteiger partial charge in [0.05, 0.1) is 0 Å². The number of hydrogen-bond donors (Lipinski definition) is 3. The Morgan fingerprint density at radius 3 is 1.76 bits per heavy atom. The van der Waals surface area contributed by atoms with Gasteiger partial charge in [0.2, 0.25) is 0 Å². The summed E-state index contributed by atoms with van der Waals surface area (Å²) in [5, 5.41) is 15.6. The van der Waals surface area contributed by atoms with Gasteiger partial charge in [-0.25, -0.2) is 4.79 Å². The highest BCUT2D eigenvalue weighted by Gasteiger charge is 2.43. The molecule has 1 aromatic carbocycles. The lowest BCUT2D eigenvalue weighted by Crippen LogP contribution is -2.57. The molecule has 4 atom stereocenters. The van der Waals surface area contributed by atoms with E-state index in [1.807, 2.05) is 0 Å². The van der Waals surface area contributed by atoms with Crippen LogP contribution in [0.15, 0.2) is 12.1 Å². The summed E-state index contributed by atoms with van der Waals surface area (Å²) in [6.07, 6.45) is 3.26. The van der Waals surface area contributed by atoms with Crippen molar-refractivity contribution >= 4 is 24.3 Å². The van der Waals surface area contributed by atoms with Crippen LogP contribution >= 0.6 is 0 Å². The highest BCUT2D eigenvalue weighted by Crippen LogP contribution is 2.36. The molecule has 0 aromatic heterocycles. The number of amides is 2. The van der Waals surface area contributed by atoms with Crippen molar-refractivity contribution in [3.05, 3.63) is 34.4 Å². The smallest absolute Gasteiger partial charge is 0.326 e. The number of ether oxygens (including phenoxy) is 1. The number of carbonyl (C=O) groups is 4. The Balaban J connectivity index is 1.29. The normalized spacial score (nSPS) is 31.2. The fourth-order valence-electron chi connectivity index (χ4n) is 7.13. The summed E-state index contributed by atoms with van der Waals surface area (Å²) in [7, 11) is 0. The highest BCUT2D eigenvalue weighted by molar-refractivity contribution is 6.01. The summed E-state index contributed by atoms with van der Waals surface area (Å²) in [6, 6.07) is 2.33. The highest BCUT2D eigenvalue weighted by atomic mass is 16.5. The van der Waals surface area contributed by atoms with Crippen molar-refractivity contribution in [1.82, 2.24) is 20.4 Å². The number of fused-ring (bicyclic) bond motifs is 6. The number of benzene rings is 1. The molecular weight excluding hydrogens is 488 g/mol. The lowest BCUT2D eigenvalue weighted by Gasteiger charge is -2.46. The van der Waals surface area contributed by atoms with Gasteiger partial charge in [0.15, 0.2) is 6.23 Å². The summed E-state index contributed by atoms with van der Waals surface area (Å²) in [5.74, 6) is -1.21. The lowest BCUT2D eigenvalue weighted by atomic mass is 9.75. The maximum Gasteiger partial charge on any atom is 0.326 e. The van der Waals surface area contributed by atoms with Gasteiger partial charge < -0.3 is 30.3 Å². The molecule has 0 saturated carbocycles. The molecule has 4 bridgehead atoms. The predicted octanol–water partition coefficient (Wildman–Crippen LogP) is 1.40. The molecule has 206 valence electrons. The molecule has 6 heterocycles. The monoisotopic (exact) mass is 526 g/mol. The first-order valence-electron chi connectivity index (χ1n) is 13.7. The van der Waals surface area contributed by atoms with Crippen LogP contribution in [0, 0.1) is 37.5 Å². The number of nitrogens with one attached hydrogen (secondary N) is 2. The molecule has 0 radical (unpaired) electrons. The lowest BCUT2D eigenvalue weighted by molar-refractivity contribution is -0.143. The van der Waals surface area contributed by atoms with Gasteiger partial charge in [-0.3, -0.25) is 14.4 Å². The summed E-state index contributed by atoms with van der Waals surface area (Å²) >= 11 is 0. The quantitative estimate of drug-likeness (QED) is 0.325. The maximum atomic E-state index is 13.3. The van der Waals surface area contributed by atoms with Crippen molar-refractivity contribution in [3.8, 4) is 0 Å². The summed E-state index contributed by atoms with van der Waals surface area (Å²) in [5.41, 5.74) is 1.91. The summed E-state index contributed by atoms with van der Waals surface area (Å²) in [6.45, 7) is 9.39. The van der Waals surface area contributed by atoms with Gasteiger partial charge in [-0.05, 0) is 101 Å². The van der Waals surface area contributed by atoms with E-state index in [0.717, 1.165) is 58.4 Å². The topological polar surface area (TPSA) is 128 Å². The first-order chi connectivity index (χ1) is 18.2. The third-order valence-corrected chi connectivity index (χ3v) is 9.32. The Morgan fingerprint density at radius 1 is 0.868 bits per heavy atom. The minimum Gasteiger partial charge on any atom is -0.480 e. The van der Waals surface area contributed by atoms with Gasteiger partial charge >= 0.3 is 5.97 Å². The van der Waals surface area contributed by atoms with E-state index in [-0.39, 0.29) is 17.7 Å². The zero-order chi connectivity index (χ0) is 27.0. The van der Waals surface area contributed by atoms with Crippen LogP contribution in [0.5, 0.6) is 0 Å². The van der Waals surface area contributed by atoms with Gasteiger partial charge in [0.1, 0.15) is 6.04 Å². The molecule has 6 aliphatic rings. The second-order valence-corrected chi connectivity index (χ2v) is 11.5. The van der Waals surface area contributed by atoms with E-state index >= 15 is 0 Å². The first-order valence-corrected chi connectivity index (χ1v) is 13.7. The second kappa shape index (κ2) is 11.0. The van der Waals surface area contributed by atoms with E-state index in [1.165, 1.54) is 0 Å². The molecule has 6 fully saturated rings. The van der Waals surface area contributed by atoms with Gasteiger partial charge in [-0.1, -0.05) is 0 Å². The number of aryl methyl sites for hydroxylation is 2. The second-order valence-electron chi connectivity index (χ2n) is 11.5. The molecule has 7 rings (SSSR count). The number of nitrogens with zero attached hydrogens (tertiary/aromatic N) is 2. The summed E-state index contributed by atoms with van der Waals surface area (Å²) < 4.78 is 5.34. The average Bonchev–Trinajstić information content (AvgIpc) is 2.93. The van der Waals surface area contributed by atoms with Gasteiger partial charge in [-0.2, -0.15) is 0 Å². The molecular formula is C28H38N4O6. The fraction of sp³-hybridized carbons (Fsp3) is 0.643. The van der Waals surface area contributed by atoms with E-state index in [2.05, 4.69) is 20.4 Å². The van der Waals surface area contributed by atoms with Crippen molar-refractivity contribution in [1.29, 1.82) is 0 Å². The molecule has 2 amide bonds. The van der Waals surface area contributed by atoms with E-state index in [9.17, 15) is 24.3 Å². The molecule has 2 unspecified atom stereocenters. The van der Waals surface area contributed by atoms with Crippen LogP contribution in [0.3, 0.4) is 0 Å². The predicted molar refractivity (Wildman–Crippen MR) is 139 cm³/mol. The molecule has 6 saturated heterocycles. The van der Waals surface area contributed by atoms with Gasteiger partial charge in [0.25, 0.3) is 18.3 Å². The number of carboxylic acid groups (broad SMARTS) is 1. The Morgan fingerprint density at radius 2 is 1.34 bits per heavy atom. The number of aliphatic carboxylic acids is 1. The van der Waals surface area contributed by atoms with Crippen molar-refractivity contribution in [2.45, 2.75) is 51.8 Å². The number of carbonyl (C=O) groups excluding carboxylic acids is 3. The average molecular weight is 527 g/mol. The van der Waals surface area contributed by atoms with Crippen LogP contribution in [0.25, 0.3) is 0 Å². The van der Waals surface area contributed by atoms with Crippen molar-refractivity contribution in [2.75, 3.05) is 39.3 Å². The van der Waals surface area contributed by atoms with Gasteiger partial charge in [0, 0.05) is 36.1 Å². The van der Waals surface area contributed by atoms with Crippen molar-refractivity contribution in [3.63, 3.8) is 0 Å². The number of hydrogen-bond acceptors (Lipinski definition) is 7.